The zero-order valence-electron chi connectivity index (χ0n) is 13.8. The number of rotatable bonds is 8. The van der Waals surface area contributed by atoms with Crippen molar-refractivity contribution in [2.45, 2.75) is 39.2 Å². The fraction of sp³-hybridized carbons (Fsp3) is 0.500. The number of hydrogen-bond donors (Lipinski definition) is 3. The van der Waals surface area contributed by atoms with Gasteiger partial charge in [0.2, 0.25) is 11.8 Å². The first kappa shape index (κ1) is 21.8. The lowest BCUT2D eigenvalue weighted by molar-refractivity contribution is -0.117. The van der Waals surface area contributed by atoms with Crippen molar-refractivity contribution in [2.75, 3.05) is 22.6 Å². The predicted molar refractivity (Wildman–Crippen MR) is 102 cm³/mol. The Balaban J connectivity index is 0.00000484. The van der Waals surface area contributed by atoms with Gasteiger partial charge in [0.15, 0.2) is 0 Å². The maximum atomic E-state index is 12.1. The second-order valence-electron chi connectivity index (χ2n) is 5.15. The number of nitrogens with one attached hydrogen (secondary N) is 2. The highest BCUT2D eigenvalue weighted by Crippen LogP contribution is 2.23. The van der Waals surface area contributed by atoms with E-state index < -0.39 is 6.04 Å². The molecule has 0 aliphatic carbocycles. The third-order valence-corrected chi connectivity index (χ3v) is 3.96. The minimum absolute atomic E-state index is 0. The first-order valence-corrected chi connectivity index (χ1v) is 8.83. The summed E-state index contributed by atoms with van der Waals surface area (Å²) in [5.41, 5.74) is 8.09. The lowest BCUT2D eigenvalue weighted by Crippen LogP contribution is -2.36. The molecule has 0 aliphatic rings. The number of benzene rings is 1. The second-order valence-corrected chi connectivity index (χ2v) is 6.14. The van der Waals surface area contributed by atoms with E-state index in [0.717, 1.165) is 17.7 Å². The van der Waals surface area contributed by atoms with Gasteiger partial charge >= 0.3 is 0 Å². The van der Waals surface area contributed by atoms with E-state index in [1.165, 1.54) is 0 Å². The van der Waals surface area contributed by atoms with Crippen molar-refractivity contribution in [3.8, 4) is 0 Å². The molecule has 0 saturated heterocycles. The molecule has 0 aliphatic heterocycles. The van der Waals surface area contributed by atoms with Crippen LogP contribution in [0.15, 0.2) is 18.2 Å². The molecule has 23 heavy (non-hydrogen) atoms. The van der Waals surface area contributed by atoms with Gasteiger partial charge in [-0.15, -0.1) is 12.4 Å². The van der Waals surface area contributed by atoms with Crippen molar-refractivity contribution < 1.29 is 9.59 Å². The number of carbonyl (C=O) groups excluding carboxylic acids is 2. The molecule has 0 radical (unpaired) electrons. The Morgan fingerprint density at radius 2 is 1.87 bits per heavy atom. The van der Waals surface area contributed by atoms with Crippen molar-refractivity contribution in [2.24, 2.45) is 5.73 Å². The zero-order valence-corrected chi connectivity index (χ0v) is 15.5. The van der Waals surface area contributed by atoms with E-state index in [2.05, 4.69) is 10.6 Å². The van der Waals surface area contributed by atoms with Crippen LogP contribution in [-0.4, -0.2) is 29.9 Å². The Bertz CT molecular complexity index is 526. The summed E-state index contributed by atoms with van der Waals surface area (Å²) in [6.07, 6.45) is 3.90. The summed E-state index contributed by atoms with van der Waals surface area (Å²) in [6.45, 7) is 3.82. The molecule has 1 atom stereocenters. The van der Waals surface area contributed by atoms with Gasteiger partial charge in [-0.3, -0.25) is 9.59 Å². The van der Waals surface area contributed by atoms with Crippen LogP contribution in [0.5, 0.6) is 0 Å². The number of hydrogen-bond acceptors (Lipinski definition) is 4. The number of thioether (sulfide) groups is 1. The van der Waals surface area contributed by atoms with Crippen LogP contribution in [-0.2, 0) is 9.59 Å². The van der Waals surface area contributed by atoms with E-state index in [1.54, 1.807) is 17.8 Å². The highest BCUT2D eigenvalue weighted by atomic mass is 35.5. The number of carbonyl (C=O) groups is 2. The molecule has 0 bridgehead atoms. The number of nitrogens with two attached hydrogens (primary N) is 1. The summed E-state index contributed by atoms with van der Waals surface area (Å²) in [5, 5.41) is 5.70. The third-order valence-electron chi connectivity index (χ3n) is 3.31. The van der Waals surface area contributed by atoms with E-state index in [0.29, 0.717) is 24.2 Å². The van der Waals surface area contributed by atoms with Crippen LogP contribution in [0.1, 0.15) is 31.7 Å². The van der Waals surface area contributed by atoms with Gasteiger partial charge in [0.1, 0.15) is 0 Å². The van der Waals surface area contributed by atoms with Crippen LogP contribution < -0.4 is 16.4 Å². The van der Waals surface area contributed by atoms with Crippen LogP contribution in [0.3, 0.4) is 0 Å². The Labute approximate surface area is 148 Å². The second kappa shape index (κ2) is 11.3. The van der Waals surface area contributed by atoms with E-state index in [1.807, 2.05) is 32.2 Å². The van der Waals surface area contributed by atoms with Crippen LogP contribution in [0.2, 0.25) is 0 Å². The average Bonchev–Trinajstić information content (AvgIpc) is 2.49. The van der Waals surface area contributed by atoms with Crippen molar-refractivity contribution in [1.29, 1.82) is 0 Å². The van der Waals surface area contributed by atoms with Crippen molar-refractivity contribution >= 4 is 47.4 Å². The quantitative estimate of drug-likeness (QED) is 0.665. The summed E-state index contributed by atoms with van der Waals surface area (Å²) in [6, 6.07) is 4.92. The van der Waals surface area contributed by atoms with Gasteiger partial charge in [0.05, 0.1) is 6.04 Å². The van der Waals surface area contributed by atoms with Crippen LogP contribution in [0, 0.1) is 6.92 Å². The predicted octanol–water partition coefficient (Wildman–Crippen LogP) is 3.17. The lowest BCUT2D eigenvalue weighted by Gasteiger charge is -2.16. The van der Waals surface area contributed by atoms with E-state index in [9.17, 15) is 9.59 Å². The molecule has 0 unspecified atom stereocenters. The first-order valence-electron chi connectivity index (χ1n) is 7.44. The van der Waals surface area contributed by atoms with Gasteiger partial charge in [0, 0.05) is 17.8 Å². The maximum absolute atomic E-state index is 12.1. The molecule has 4 N–H and O–H groups in total. The van der Waals surface area contributed by atoms with Crippen molar-refractivity contribution in [3.05, 3.63) is 23.8 Å². The number of amides is 2. The van der Waals surface area contributed by atoms with Crippen molar-refractivity contribution in [1.82, 2.24) is 0 Å². The zero-order chi connectivity index (χ0) is 16.5. The molecule has 5 nitrogen and oxygen atoms in total. The Kier molecular flexibility index (Phi) is 10.7. The molecule has 1 aromatic rings. The van der Waals surface area contributed by atoms with Gasteiger partial charge < -0.3 is 16.4 Å². The standard InChI is InChI=1S/C16H25N3O2S.ClH/c1-4-6-15(20)18-13-7-5-8-14(11(13)2)19-16(21)12(17)9-10-22-3;/h5,7-8,12H,4,6,9-10,17H2,1-3H3,(H,18,20)(H,19,21);1H/t12-;/m0./s1. The van der Waals surface area contributed by atoms with Gasteiger partial charge in [-0.25, -0.2) is 0 Å². The average molecular weight is 360 g/mol. The van der Waals surface area contributed by atoms with Crippen LogP contribution in [0.25, 0.3) is 0 Å². The fourth-order valence-corrected chi connectivity index (χ4v) is 2.44. The molecule has 0 heterocycles. The fourth-order valence-electron chi connectivity index (χ4n) is 1.95. The molecule has 7 heteroatoms. The summed E-state index contributed by atoms with van der Waals surface area (Å²) in [5.74, 6) is 0.626. The van der Waals surface area contributed by atoms with Gasteiger partial charge in [-0.1, -0.05) is 13.0 Å². The molecular weight excluding hydrogens is 334 g/mol. The van der Waals surface area contributed by atoms with Crippen molar-refractivity contribution in [3.63, 3.8) is 0 Å². The lowest BCUT2D eigenvalue weighted by atomic mass is 10.1. The molecule has 2 amide bonds. The minimum atomic E-state index is -0.523. The van der Waals surface area contributed by atoms with Gasteiger partial charge in [0.25, 0.3) is 0 Å². The summed E-state index contributed by atoms with van der Waals surface area (Å²) < 4.78 is 0. The Morgan fingerprint density at radius 3 is 2.43 bits per heavy atom. The highest BCUT2D eigenvalue weighted by molar-refractivity contribution is 7.98. The molecule has 0 spiro atoms. The van der Waals surface area contributed by atoms with Gasteiger partial charge in [-0.2, -0.15) is 11.8 Å². The normalized spacial score (nSPS) is 11.3. The Hall–Kier alpha value is -1.24. The molecule has 0 fully saturated rings. The summed E-state index contributed by atoms with van der Waals surface area (Å²) in [7, 11) is 0. The topological polar surface area (TPSA) is 84.2 Å². The maximum Gasteiger partial charge on any atom is 0.241 e. The van der Waals surface area contributed by atoms with E-state index in [-0.39, 0.29) is 24.2 Å². The van der Waals surface area contributed by atoms with E-state index in [4.69, 9.17) is 5.73 Å². The summed E-state index contributed by atoms with van der Waals surface area (Å²) >= 11 is 1.66. The first-order chi connectivity index (χ1) is 10.5. The van der Waals surface area contributed by atoms with Crippen LogP contribution in [0.4, 0.5) is 11.4 Å². The highest BCUT2D eigenvalue weighted by Gasteiger charge is 2.15. The minimum Gasteiger partial charge on any atom is -0.326 e. The third kappa shape index (κ3) is 7.24. The molecule has 1 aromatic carbocycles. The molecule has 0 aromatic heterocycles. The Morgan fingerprint density at radius 1 is 1.26 bits per heavy atom. The summed E-state index contributed by atoms with van der Waals surface area (Å²) in [4.78, 5) is 23.8. The monoisotopic (exact) mass is 359 g/mol. The van der Waals surface area contributed by atoms with E-state index >= 15 is 0 Å². The largest absolute Gasteiger partial charge is 0.326 e. The molecular formula is C16H26ClN3O2S. The van der Waals surface area contributed by atoms with Crippen LogP contribution >= 0.6 is 24.2 Å². The number of anilines is 2. The smallest absolute Gasteiger partial charge is 0.241 e. The molecule has 130 valence electrons. The number of halogens is 1. The molecule has 0 saturated carbocycles. The SMILES string of the molecule is CCCC(=O)Nc1cccc(NC(=O)[C@@H](N)CCSC)c1C.Cl. The van der Waals surface area contributed by atoms with Gasteiger partial charge in [-0.05, 0) is 49.5 Å². The molecule has 1 rings (SSSR count).